The van der Waals surface area contributed by atoms with E-state index in [0.29, 0.717) is 0 Å². The molecule has 0 aromatic carbocycles. The van der Waals surface area contributed by atoms with Crippen molar-refractivity contribution in [2.24, 2.45) is 0 Å². The first-order chi connectivity index (χ1) is 7.33. The molecule has 0 saturated carbocycles. The first-order valence-corrected chi connectivity index (χ1v) is 4.89. The molecular weight excluding hydrogens is 212 g/mol. The summed E-state index contributed by atoms with van der Waals surface area (Å²) in [4.78, 5) is 15.3. The molecule has 0 aliphatic heterocycles. The van der Waals surface area contributed by atoms with Gasteiger partial charge < -0.3 is 14.9 Å². The van der Waals surface area contributed by atoms with Crippen molar-refractivity contribution >= 4 is 6.09 Å². The van der Waals surface area contributed by atoms with E-state index in [4.69, 9.17) is 9.84 Å². The van der Waals surface area contributed by atoms with E-state index in [0.717, 1.165) is 4.57 Å². The highest BCUT2D eigenvalue weighted by molar-refractivity contribution is 5.70. The van der Waals surface area contributed by atoms with Crippen LogP contribution < -0.4 is 0 Å². The number of aliphatic hydroxyl groups is 2. The largest absolute Gasteiger partial charge is 0.443 e. The summed E-state index contributed by atoms with van der Waals surface area (Å²) < 4.78 is 6.21. The molecule has 0 saturated heterocycles. The normalized spacial score (nSPS) is 13.6. The molecular formula is C10H16N2O4. The van der Waals surface area contributed by atoms with E-state index in [-0.39, 0.29) is 5.69 Å². The number of ether oxygens (including phenoxy) is 1. The van der Waals surface area contributed by atoms with Gasteiger partial charge in [0, 0.05) is 6.20 Å². The molecule has 1 atom stereocenters. The molecule has 1 aromatic rings. The van der Waals surface area contributed by atoms with Gasteiger partial charge in [-0.05, 0) is 20.8 Å². The minimum atomic E-state index is -1.08. The van der Waals surface area contributed by atoms with Crippen molar-refractivity contribution in [1.82, 2.24) is 9.55 Å². The highest BCUT2D eigenvalue weighted by Crippen LogP contribution is 2.12. The molecule has 6 heteroatoms. The van der Waals surface area contributed by atoms with Crippen LogP contribution in [0.5, 0.6) is 0 Å². The molecule has 0 aliphatic rings. The maximum Gasteiger partial charge on any atom is 0.419 e. The minimum absolute atomic E-state index is 0.230. The van der Waals surface area contributed by atoms with Crippen LogP contribution in [0.25, 0.3) is 0 Å². The second-order valence-electron chi connectivity index (χ2n) is 4.38. The third-order valence-corrected chi connectivity index (χ3v) is 1.72. The van der Waals surface area contributed by atoms with Crippen molar-refractivity contribution in [2.75, 3.05) is 6.61 Å². The summed E-state index contributed by atoms with van der Waals surface area (Å²) in [7, 11) is 0. The second kappa shape index (κ2) is 4.63. The number of hydrogen-bond acceptors (Lipinski definition) is 5. The molecule has 0 bridgehead atoms. The van der Waals surface area contributed by atoms with Crippen molar-refractivity contribution in [3.63, 3.8) is 0 Å². The molecule has 0 amide bonds. The number of hydrogen-bond donors (Lipinski definition) is 2. The van der Waals surface area contributed by atoms with Crippen molar-refractivity contribution in [2.45, 2.75) is 32.5 Å². The second-order valence-corrected chi connectivity index (χ2v) is 4.38. The number of aromatic nitrogens is 2. The van der Waals surface area contributed by atoms with Gasteiger partial charge in [0.05, 0.1) is 12.3 Å². The summed E-state index contributed by atoms with van der Waals surface area (Å²) in [5.74, 6) is 0. The Morgan fingerprint density at radius 1 is 1.62 bits per heavy atom. The quantitative estimate of drug-likeness (QED) is 0.778. The van der Waals surface area contributed by atoms with Crippen molar-refractivity contribution in [3.8, 4) is 0 Å². The third kappa shape index (κ3) is 3.32. The maximum atomic E-state index is 11.5. The Labute approximate surface area is 93.5 Å². The first kappa shape index (κ1) is 12.7. The minimum Gasteiger partial charge on any atom is -0.443 e. The molecule has 90 valence electrons. The topological polar surface area (TPSA) is 84.6 Å². The van der Waals surface area contributed by atoms with Crippen LogP contribution in [-0.2, 0) is 4.74 Å². The van der Waals surface area contributed by atoms with Gasteiger partial charge in [0.1, 0.15) is 18.0 Å². The van der Waals surface area contributed by atoms with E-state index in [1.54, 1.807) is 20.8 Å². The Balaban J connectivity index is 2.75. The van der Waals surface area contributed by atoms with Gasteiger partial charge in [-0.3, -0.25) is 0 Å². The number of imidazole rings is 1. The van der Waals surface area contributed by atoms with Gasteiger partial charge >= 0.3 is 6.09 Å². The lowest BCUT2D eigenvalue weighted by Gasteiger charge is -2.19. The Morgan fingerprint density at radius 3 is 2.75 bits per heavy atom. The predicted octanol–water partition coefficient (Wildman–Crippen LogP) is 0.692. The molecule has 0 fully saturated rings. The fourth-order valence-corrected chi connectivity index (χ4v) is 1.02. The molecule has 1 rings (SSSR count). The lowest BCUT2D eigenvalue weighted by molar-refractivity contribution is 0.0535. The number of carbonyl (C=O) groups is 1. The Hall–Kier alpha value is -1.40. The molecule has 1 unspecified atom stereocenters. The lowest BCUT2D eigenvalue weighted by Crippen LogP contribution is -2.26. The van der Waals surface area contributed by atoms with E-state index in [2.05, 4.69) is 4.98 Å². The van der Waals surface area contributed by atoms with Gasteiger partial charge in [-0.2, -0.15) is 0 Å². The summed E-state index contributed by atoms with van der Waals surface area (Å²) in [6.45, 7) is 4.83. The summed E-state index contributed by atoms with van der Waals surface area (Å²) >= 11 is 0. The Morgan fingerprint density at radius 2 is 2.25 bits per heavy atom. The number of nitrogens with zero attached hydrogens (tertiary/aromatic N) is 2. The number of aliphatic hydroxyl groups excluding tert-OH is 2. The van der Waals surface area contributed by atoms with Crippen LogP contribution in [0.4, 0.5) is 4.79 Å². The van der Waals surface area contributed by atoms with Gasteiger partial charge in [0.25, 0.3) is 0 Å². The summed E-state index contributed by atoms with van der Waals surface area (Å²) in [5, 5.41) is 18.0. The van der Waals surface area contributed by atoms with Crippen LogP contribution in [-0.4, -0.2) is 38.1 Å². The molecule has 2 N–H and O–H groups in total. The van der Waals surface area contributed by atoms with Gasteiger partial charge in [-0.1, -0.05) is 0 Å². The van der Waals surface area contributed by atoms with Crippen LogP contribution >= 0.6 is 0 Å². The van der Waals surface area contributed by atoms with Gasteiger partial charge in [0.15, 0.2) is 0 Å². The molecule has 0 aliphatic carbocycles. The van der Waals surface area contributed by atoms with Gasteiger partial charge in [-0.25, -0.2) is 14.3 Å². The van der Waals surface area contributed by atoms with Crippen LogP contribution in [0.2, 0.25) is 0 Å². The van der Waals surface area contributed by atoms with Crippen LogP contribution in [0.15, 0.2) is 12.5 Å². The average molecular weight is 228 g/mol. The van der Waals surface area contributed by atoms with Gasteiger partial charge in [-0.15, -0.1) is 0 Å². The summed E-state index contributed by atoms with van der Waals surface area (Å²) in [5.41, 5.74) is -0.356. The lowest BCUT2D eigenvalue weighted by atomic mass is 10.2. The summed E-state index contributed by atoms with van der Waals surface area (Å²) in [6.07, 6.45) is 0.914. The smallest absolute Gasteiger partial charge is 0.419 e. The molecule has 1 aromatic heterocycles. The van der Waals surface area contributed by atoms with Crippen LogP contribution in [0.1, 0.15) is 32.6 Å². The maximum absolute atomic E-state index is 11.5. The Kier molecular flexibility index (Phi) is 3.66. The highest BCUT2D eigenvalue weighted by atomic mass is 16.6. The number of rotatable bonds is 2. The van der Waals surface area contributed by atoms with Crippen molar-refractivity contribution < 1.29 is 19.7 Å². The zero-order valence-electron chi connectivity index (χ0n) is 9.54. The molecule has 0 spiro atoms. The van der Waals surface area contributed by atoms with E-state index < -0.39 is 24.4 Å². The van der Waals surface area contributed by atoms with E-state index in [1.807, 2.05) is 0 Å². The SMILES string of the molecule is CC(C)(C)OC(=O)n1cnc(C(O)CO)c1. The van der Waals surface area contributed by atoms with Crippen molar-refractivity contribution in [1.29, 1.82) is 0 Å². The zero-order chi connectivity index (χ0) is 12.3. The molecule has 0 radical (unpaired) electrons. The third-order valence-electron chi connectivity index (χ3n) is 1.72. The van der Waals surface area contributed by atoms with E-state index >= 15 is 0 Å². The highest BCUT2D eigenvalue weighted by Gasteiger charge is 2.19. The van der Waals surface area contributed by atoms with Gasteiger partial charge in [0.2, 0.25) is 0 Å². The van der Waals surface area contributed by atoms with E-state index in [9.17, 15) is 9.90 Å². The average Bonchev–Trinajstić information content (AvgIpc) is 2.62. The predicted molar refractivity (Wildman–Crippen MR) is 55.9 cm³/mol. The number of carbonyl (C=O) groups excluding carboxylic acids is 1. The zero-order valence-corrected chi connectivity index (χ0v) is 9.54. The molecule has 6 nitrogen and oxygen atoms in total. The van der Waals surface area contributed by atoms with Crippen molar-refractivity contribution in [3.05, 3.63) is 18.2 Å². The summed E-state index contributed by atoms with van der Waals surface area (Å²) in [6, 6.07) is 0. The standard InChI is InChI=1S/C10H16N2O4/c1-10(2,3)16-9(15)12-4-7(11-6-12)8(14)5-13/h4,6,8,13-14H,5H2,1-3H3. The van der Waals surface area contributed by atoms with Crippen LogP contribution in [0, 0.1) is 0 Å². The molecule has 16 heavy (non-hydrogen) atoms. The van der Waals surface area contributed by atoms with Crippen LogP contribution in [0.3, 0.4) is 0 Å². The molecule has 1 heterocycles. The first-order valence-electron chi connectivity index (χ1n) is 4.89. The van der Waals surface area contributed by atoms with E-state index in [1.165, 1.54) is 12.5 Å². The fraction of sp³-hybridized carbons (Fsp3) is 0.600. The monoisotopic (exact) mass is 228 g/mol. The fourth-order valence-electron chi connectivity index (χ4n) is 1.02. The Bertz CT molecular complexity index is 367.